The first-order chi connectivity index (χ1) is 6.51. The summed E-state index contributed by atoms with van der Waals surface area (Å²) in [5.41, 5.74) is 5.41. The van der Waals surface area contributed by atoms with Gasteiger partial charge in [-0.05, 0) is 6.92 Å². The summed E-state index contributed by atoms with van der Waals surface area (Å²) in [6.07, 6.45) is -0.137. The van der Waals surface area contributed by atoms with Crippen molar-refractivity contribution in [2.75, 3.05) is 6.54 Å². The number of carbonyl (C=O) groups is 2. The van der Waals surface area contributed by atoms with E-state index in [2.05, 4.69) is 22.6 Å². The van der Waals surface area contributed by atoms with E-state index in [9.17, 15) is 9.59 Å². The molecule has 0 aromatic heterocycles. The summed E-state index contributed by atoms with van der Waals surface area (Å²) >= 11 is 0. The molecule has 5 nitrogen and oxygen atoms in total. The lowest BCUT2D eigenvalue weighted by Gasteiger charge is -2.15. The smallest absolute Gasteiger partial charge is 0.336 e. The zero-order valence-electron chi connectivity index (χ0n) is 7.99. The summed E-state index contributed by atoms with van der Waals surface area (Å²) < 4.78 is 9.28. The van der Waals surface area contributed by atoms with Crippen molar-refractivity contribution >= 4 is 11.9 Å². The van der Waals surface area contributed by atoms with Crippen LogP contribution in [0, 0.1) is 0 Å². The Hall–Kier alpha value is -1.62. The van der Waals surface area contributed by atoms with Crippen molar-refractivity contribution in [2.45, 2.75) is 13.2 Å². The summed E-state index contributed by atoms with van der Waals surface area (Å²) in [5, 5.41) is 0. The quantitative estimate of drug-likeness (QED) is 0.386. The van der Waals surface area contributed by atoms with Crippen LogP contribution >= 0.6 is 0 Å². The van der Waals surface area contributed by atoms with E-state index in [4.69, 9.17) is 5.73 Å². The monoisotopic (exact) mass is 199 g/mol. The molecular formula is C9H13NO4. The maximum Gasteiger partial charge on any atom is 0.336 e. The summed E-state index contributed by atoms with van der Waals surface area (Å²) in [6.45, 7) is 7.92. The van der Waals surface area contributed by atoms with Gasteiger partial charge in [0.1, 0.15) is 0 Å². The molecule has 0 spiro atoms. The lowest BCUT2D eigenvalue weighted by atomic mass is 10.4. The van der Waals surface area contributed by atoms with Crippen LogP contribution in [0.3, 0.4) is 0 Å². The van der Waals surface area contributed by atoms with E-state index in [1.165, 1.54) is 6.92 Å². The molecule has 78 valence electrons. The average molecular weight is 199 g/mol. The van der Waals surface area contributed by atoms with Gasteiger partial charge in [0.15, 0.2) is 0 Å². The number of nitrogens with two attached hydrogens (primary N) is 1. The minimum Gasteiger partial charge on any atom is -0.421 e. The van der Waals surface area contributed by atoms with Gasteiger partial charge in [-0.2, -0.15) is 0 Å². The molecule has 0 saturated carbocycles. The lowest BCUT2D eigenvalue weighted by Crippen LogP contribution is -2.31. The molecule has 0 fully saturated rings. The van der Waals surface area contributed by atoms with E-state index < -0.39 is 18.2 Å². The third-order valence-corrected chi connectivity index (χ3v) is 1.19. The number of carbonyl (C=O) groups excluding carboxylic acids is 2. The molecule has 1 atom stereocenters. The van der Waals surface area contributed by atoms with Gasteiger partial charge in [-0.25, -0.2) is 9.59 Å². The second-order valence-electron chi connectivity index (χ2n) is 2.49. The van der Waals surface area contributed by atoms with Crippen molar-refractivity contribution in [1.82, 2.24) is 0 Å². The number of esters is 2. The van der Waals surface area contributed by atoms with E-state index in [0.717, 1.165) is 6.08 Å². The van der Waals surface area contributed by atoms with Crippen LogP contribution in [0.4, 0.5) is 0 Å². The minimum atomic E-state index is -1.09. The second-order valence-corrected chi connectivity index (χ2v) is 2.49. The number of rotatable bonds is 5. The molecule has 0 radical (unpaired) electrons. The summed E-state index contributed by atoms with van der Waals surface area (Å²) in [6, 6.07) is 0. The molecule has 0 amide bonds. The minimum absolute atomic E-state index is 0.112. The van der Waals surface area contributed by atoms with Crippen LogP contribution in [0.5, 0.6) is 0 Å². The van der Waals surface area contributed by atoms with Crippen LogP contribution < -0.4 is 5.73 Å². The van der Waals surface area contributed by atoms with Crippen LogP contribution in [-0.2, 0) is 19.1 Å². The van der Waals surface area contributed by atoms with Gasteiger partial charge in [-0.15, -0.1) is 0 Å². The molecular weight excluding hydrogens is 186 g/mol. The Morgan fingerprint density at radius 1 is 1.50 bits per heavy atom. The summed E-state index contributed by atoms with van der Waals surface area (Å²) in [7, 11) is 0. The first-order valence-corrected chi connectivity index (χ1v) is 3.90. The molecule has 0 aliphatic heterocycles. The molecule has 0 aliphatic carbocycles. The van der Waals surface area contributed by atoms with Crippen LogP contribution in [0.2, 0.25) is 0 Å². The third kappa shape index (κ3) is 4.42. The van der Waals surface area contributed by atoms with Crippen molar-refractivity contribution in [3.05, 3.63) is 24.8 Å². The van der Waals surface area contributed by atoms with Gasteiger partial charge in [0.25, 0.3) is 6.29 Å². The van der Waals surface area contributed by atoms with E-state index in [-0.39, 0.29) is 12.1 Å². The largest absolute Gasteiger partial charge is 0.421 e. The fourth-order valence-electron chi connectivity index (χ4n) is 0.518. The van der Waals surface area contributed by atoms with Crippen molar-refractivity contribution in [3.63, 3.8) is 0 Å². The molecule has 0 heterocycles. The predicted octanol–water partition coefficient (Wildman–Crippen LogP) is 0.120. The fraction of sp³-hybridized carbons (Fsp3) is 0.333. The normalized spacial score (nSPS) is 11.3. The van der Waals surface area contributed by atoms with Crippen LogP contribution in [0.15, 0.2) is 24.8 Å². The topological polar surface area (TPSA) is 78.6 Å². The molecule has 2 N–H and O–H groups in total. The lowest BCUT2D eigenvalue weighted by molar-refractivity contribution is -0.179. The highest BCUT2D eigenvalue weighted by atomic mass is 16.7. The Morgan fingerprint density at radius 3 is 2.43 bits per heavy atom. The maximum absolute atomic E-state index is 11.0. The van der Waals surface area contributed by atoms with Crippen LogP contribution in [-0.4, -0.2) is 24.8 Å². The van der Waals surface area contributed by atoms with Gasteiger partial charge < -0.3 is 15.2 Å². The molecule has 0 aromatic carbocycles. The van der Waals surface area contributed by atoms with Gasteiger partial charge in [0.05, 0.1) is 6.54 Å². The Labute approximate surface area is 82.2 Å². The van der Waals surface area contributed by atoms with Gasteiger partial charge in [-0.1, -0.05) is 13.2 Å². The molecule has 0 rings (SSSR count). The molecule has 0 aliphatic rings. The van der Waals surface area contributed by atoms with Crippen molar-refractivity contribution in [3.8, 4) is 0 Å². The fourth-order valence-corrected chi connectivity index (χ4v) is 0.518. The third-order valence-electron chi connectivity index (χ3n) is 1.19. The van der Waals surface area contributed by atoms with E-state index in [1.54, 1.807) is 0 Å². The predicted molar refractivity (Wildman–Crippen MR) is 50.0 cm³/mol. The first-order valence-electron chi connectivity index (χ1n) is 3.90. The second kappa shape index (κ2) is 5.93. The zero-order valence-corrected chi connectivity index (χ0v) is 7.99. The van der Waals surface area contributed by atoms with E-state index in [1.807, 2.05) is 0 Å². The average Bonchev–Trinajstić information content (AvgIpc) is 2.16. The molecule has 14 heavy (non-hydrogen) atoms. The van der Waals surface area contributed by atoms with Crippen LogP contribution in [0.1, 0.15) is 6.92 Å². The summed E-state index contributed by atoms with van der Waals surface area (Å²) in [5.74, 6) is -1.35. The van der Waals surface area contributed by atoms with Gasteiger partial charge in [-0.3, -0.25) is 0 Å². The maximum atomic E-state index is 11.0. The molecule has 0 saturated heterocycles. The Morgan fingerprint density at radius 2 is 2.07 bits per heavy atom. The van der Waals surface area contributed by atoms with Crippen LogP contribution in [0.25, 0.3) is 0 Å². The highest BCUT2D eigenvalue weighted by Crippen LogP contribution is 2.00. The number of ether oxygens (including phenoxy) is 2. The zero-order chi connectivity index (χ0) is 11.1. The first kappa shape index (κ1) is 12.4. The molecule has 1 unspecified atom stereocenters. The standard InChI is InChI=1S/C9H13NO4/c1-4-7(11)13-8(5-10)14-9(12)6(2)3/h4,8H,1-2,5,10H2,3H3. The highest BCUT2D eigenvalue weighted by Gasteiger charge is 2.15. The molecule has 0 bridgehead atoms. The number of hydrogen-bond donors (Lipinski definition) is 1. The number of hydrogen-bond acceptors (Lipinski definition) is 5. The molecule has 0 aromatic rings. The van der Waals surface area contributed by atoms with Gasteiger partial charge in [0, 0.05) is 11.6 Å². The molecule has 5 heteroatoms. The Bertz CT molecular complexity index is 260. The van der Waals surface area contributed by atoms with Crippen molar-refractivity contribution < 1.29 is 19.1 Å². The van der Waals surface area contributed by atoms with E-state index >= 15 is 0 Å². The highest BCUT2D eigenvalue weighted by molar-refractivity contribution is 5.87. The van der Waals surface area contributed by atoms with Crippen molar-refractivity contribution in [2.24, 2.45) is 5.73 Å². The van der Waals surface area contributed by atoms with Crippen molar-refractivity contribution in [1.29, 1.82) is 0 Å². The van der Waals surface area contributed by atoms with Gasteiger partial charge in [0.2, 0.25) is 0 Å². The Kier molecular flexibility index (Phi) is 5.24. The summed E-state index contributed by atoms with van der Waals surface area (Å²) in [4.78, 5) is 21.7. The Balaban J connectivity index is 4.15. The SMILES string of the molecule is C=CC(=O)OC(CN)OC(=O)C(=C)C. The van der Waals surface area contributed by atoms with E-state index in [0.29, 0.717) is 0 Å². The van der Waals surface area contributed by atoms with Gasteiger partial charge >= 0.3 is 11.9 Å².